The number of pyridine rings is 1. The minimum Gasteiger partial charge on any atom is -0.355 e. The van der Waals surface area contributed by atoms with Gasteiger partial charge in [-0.3, -0.25) is 9.78 Å². The van der Waals surface area contributed by atoms with E-state index in [4.69, 9.17) is 0 Å². The molecule has 1 N–H and O–H groups in total. The Kier molecular flexibility index (Phi) is 3.47. The highest BCUT2D eigenvalue weighted by atomic mass is 31.0. The molecule has 0 spiro atoms. The Morgan fingerprint density at radius 3 is 2.71 bits per heavy atom. The van der Waals surface area contributed by atoms with Crippen LogP contribution in [0.2, 0.25) is 0 Å². The summed E-state index contributed by atoms with van der Waals surface area (Å²) in [6.45, 7) is 0.291. The smallest absolute Gasteiger partial charge is 0.300 e. The molecule has 1 amide bonds. The third-order valence-electron chi connectivity index (χ3n) is 1.56. The van der Waals surface area contributed by atoms with E-state index >= 15 is 0 Å². The van der Waals surface area contributed by atoms with Crippen molar-refractivity contribution in [2.45, 2.75) is 12.2 Å². The third kappa shape index (κ3) is 3.00. The highest BCUT2D eigenvalue weighted by Gasteiger charge is 2.25. The maximum atomic E-state index is 12.7. The molecule has 0 aliphatic heterocycles. The monoisotopic (exact) mass is 218 g/mol. The molecule has 0 fully saturated rings. The molecule has 0 aliphatic carbocycles. The molecule has 1 aromatic heterocycles. The Labute approximate surface area is 82.1 Å². The molecule has 0 saturated carbocycles. The third-order valence-corrected chi connectivity index (χ3v) is 1.85. The quantitative estimate of drug-likeness (QED) is 0.610. The maximum Gasteiger partial charge on any atom is 0.300 e. The topological polar surface area (TPSA) is 42.0 Å². The van der Waals surface area contributed by atoms with Gasteiger partial charge in [-0.2, -0.15) is 8.78 Å². The van der Waals surface area contributed by atoms with Crippen molar-refractivity contribution < 1.29 is 13.6 Å². The van der Waals surface area contributed by atoms with Crippen molar-refractivity contribution in [1.82, 2.24) is 10.3 Å². The molecule has 14 heavy (non-hydrogen) atoms. The minimum absolute atomic E-state index is 0.291. The summed E-state index contributed by atoms with van der Waals surface area (Å²) in [4.78, 5) is 13.5. The number of amides is 1. The van der Waals surface area contributed by atoms with Gasteiger partial charge in [0.2, 0.25) is 6.41 Å². The lowest BCUT2D eigenvalue weighted by Gasteiger charge is -2.09. The Morgan fingerprint density at radius 1 is 1.57 bits per heavy atom. The van der Waals surface area contributed by atoms with Gasteiger partial charge < -0.3 is 5.32 Å². The van der Waals surface area contributed by atoms with Crippen LogP contribution >= 0.6 is 9.24 Å². The van der Waals surface area contributed by atoms with Crippen LogP contribution in [-0.4, -0.2) is 11.4 Å². The van der Waals surface area contributed by atoms with Gasteiger partial charge in [-0.1, -0.05) is 15.3 Å². The second kappa shape index (κ2) is 4.42. The summed E-state index contributed by atoms with van der Waals surface area (Å²) in [6, 6.07) is 2.73. The van der Waals surface area contributed by atoms with Gasteiger partial charge in [0.15, 0.2) is 0 Å². The second-order valence-corrected chi connectivity index (χ2v) is 3.40. The Balaban J connectivity index is 2.73. The second-order valence-electron chi connectivity index (χ2n) is 2.67. The number of halogens is 2. The number of carbonyl (C=O) groups is 1. The molecule has 1 atom stereocenters. The number of nitrogens with one attached hydrogen (secondary N) is 1. The molecule has 1 heterocycles. The molecule has 0 aromatic carbocycles. The number of hydrogen-bond acceptors (Lipinski definition) is 2. The van der Waals surface area contributed by atoms with Gasteiger partial charge in [0.1, 0.15) is 5.69 Å². The lowest BCUT2D eigenvalue weighted by molar-refractivity contribution is -0.109. The van der Waals surface area contributed by atoms with E-state index in [9.17, 15) is 13.6 Å². The number of nitrogens with zero attached hydrogens (tertiary/aromatic N) is 1. The first-order valence-corrected chi connectivity index (χ1v) is 4.41. The predicted molar refractivity (Wildman–Crippen MR) is 50.7 cm³/mol. The Hall–Kier alpha value is -1.09. The van der Waals surface area contributed by atoms with Gasteiger partial charge in [-0.05, 0) is 11.6 Å². The SMILES string of the molecule is O=CNCc1ccc(C(F)(F)P)nc1. The highest BCUT2D eigenvalue weighted by molar-refractivity contribution is 7.17. The first kappa shape index (κ1) is 11.0. The van der Waals surface area contributed by atoms with Gasteiger partial charge >= 0.3 is 0 Å². The molecule has 6 heteroatoms. The number of carbonyl (C=O) groups excluding carboxylic acids is 1. The lowest BCUT2D eigenvalue weighted by atomic mass is 10.2. The standard InChI is InChI=1S/C8H9F2N2OP/c9-8(10,14)7-2-1-6(4-12-7)3-11-5-13/h1-2,4-5H,3,14H2,(H,11,13). The Bertz CT molecular complexity index is 310. The fraction of sp³-hybridized carbons (Fsp3) is 0.250. The fourth-order valence-corrected chi connectivity index (χ4v) is 1.06. The normalized spacial score (nSPS) is 11.1. The van der Waals surface area contributed by atoms with E-state index in [2.05, 4.69) is 10.3 Å². The van der Waals surface area contributed by atoms with E-state index in [1.165, 1.54) is 27.6 Å². The van der Waals surface area contributed by atoms with E-state index < -0.39 is 5.66 Å². The van der Waals surface area contributed by atoms with E-state index in [0.29, 0.717) is 18.5 Å². The number of rotatable bonds is 4. The van der Waals surface area contributed by atoms with Crippen LogP contribution in [0.15, 0.2) is 18.3 Å². The van der Waals surface area contributed by atoms with Crippen LogP contribution in [0.3, 0.4) is 0 Å². The molecule has 1 unspecified atom stereocenters. The van der Waals surface area contributed by atoms with Crippen molar-refractivity contribution in [3.05, 3.63) is 29.6 Å². The van der Waals surface area contributed by atoms with E-state index in [1.54, 1.807) is 0 Å². The molecule has 1 rings (SSSR count). The van der Waals surface area contributed by atoms with Crippen molar-refractivity contribution in [2.75, 3.05) is 0 Å². The van der Waals surface area contributed by atoms with Crippen molar-refractivity contribution in [2.24, 2.45) is 0 Å². The molecule has 3 nitrogen and oxygen atoms in total. The number of alkyl halides is 2. The highest BCUT2D eigenvalue weighted by Crippen LogP contribution is 2.32. The van der Waals surface area contributed by atoms with Crippen LogP contribution in [0.25, 0.3) is 0 Å². The van der Waals surface area contributed by atoms with Gasteiger partial charge in [0.25, 0.3) is 5.66 Å². The lowest BCUT2D eigenvalue weighted by Crippen LogP contribution is -2.11. The molecule has 1 aromatic rings. The fourth-order valence-electron chi connectivity index (χ4n) is 0.886. The minimum atomic E-state index is -3.00. The van der Waals surface area contributed by atoms with Crippen LogP contribution in [0.4, 0.5) is 8.78 Å². The zero-order valence-electron chi connectivity index (χ0n) is 7.21. The van der Waals surface area contributed by atoms with Crippen LogP contribution < -0.4 is 5.32 Å². The zero-order chi connectivity index (χ0) is 10.6. The summed E-state index contributed by atoms with van der Waals surface area (Å²) in [5, 5.41) is 2.41. The van der Waals surface area contributed by atoms with Crippen LogP contribution in [0.5, 0.6) is 0 Å². The van der Waals surface area contributed by atoms with Crippen LogP contribution in [0, 0.1) is 0 Å². The average molecular weight is 218 g/mol. The summed E-state index contributed by atoms with van der Waals surface area (Å²) >= 11 is 0. The molecule has 0 aliphatic rings. The summed E-state index contributed by atoms with van der Waals surface area (Å²) < 4.78 is 25.3. The zero-order valence-corrected chi connectivity index (χ0v) is 8.36. The molecule has 76 valence electrons. The predicted octanol–water partition coefficient (Wildman–Crippen LogP) is 1.25. The van der Waals surface area contributed by atoms with Crippen molar-refractivity contribution >= 4 is 15.6 Å². The van der Waals surface area contributed by atoms with Gasteiger partial charge in [0.05, 0.1) is 0 Å². The molecular formula is C8H9F2N2OP. The van der Waals surface area contributed by atoms with Crippen LogP contribution in [0.1, 0.15) is 11.3 Å². The molecule has 0 bridgehead atoms. The molecule has 0 saturated heterocycles. The first-order chi connectivity index (χ1) is 6.54. The summed E-state index contributed by atoms with van der Waals surface area (Å²) in [5.74, 6) is 0. The summed E-state index contributed by atoms with van der Waals surface area (Å²) in [6.07, 6.45) is 1.85. The van der Waals surface area contributed by atoms with E-state index in [0.717, 1.165) is 0 Å². The average Bonchev–Trinajstić information content (AvgIpc) is 2.14. The van der Waals surface area contributed by atoms with Crippen molar-refractivity contribution in [1.29, 1.82) is 0 Å². The summed E-state index contributed by atoms with van der Waals surface area (Å²) in [5.41, 5.74) is -2.64. The Morgan fingerprint density at radius 2 is 2.29 bits per heavy atom. The van der Waals surface area contributed by atoms with Gasteiger partial charge in [0, 0.05) is 12.7 Å². The largest absolute Gasteiger partial charge is 0.355 e. The molecular weight excluding hydrogens is 209 g/mol. The van der Waals surface area contributed by atoms with E-state index in [1.807, 2.05) is 0 Å². The van der Waals surface area contributed by atoms with Crippen molar-refractivity contribution in [3.63, 3.8) is 0 Å². The maximum absolute atomic E-state index is 12.7. The van der Waals surface area contributed by atoms with E-state index in [-0.39, 0.29) is 5.69 Å². The first-order valence-electron chi connectivity index (χ1n) is 3.83. The number of aromatic nitrogens is 1. The van der Waals surface area contributed by atoms with Gasteiger partial charge in [-0.15, -0.1) is 0 Å². The molecule has 0 radical (unpaired) electrons. The van der Waals surface area contributed by atoms with Gasteiger partial charge in [-0.25, -0.2) is 0 Å². The van der Waals surface area contributed by atoms with Crippen LogP contribution in [-0.2, 0) is 17.0 Å². The number of hydrogen-bond donors (Lipinski definition) is 1. The summed E-state index contributed by atoms with van der Waals surface area (Å²) in [7, 11) is 1.42. The van der Waals surface area contributed by atoms with Crippen molar-refractivity contribution in [3.8, 4) is 0 Å².